The highest BCUT2D eigenvalue weighted by Crippen LogP contribution is 2.28. The average Bonchev–Trinajstić information content (AvgIpc) is 3.06. The summed E-state index contributed by atoms with van der Waals surface area (Å²) in [5.74, 6) is -0.00409. The number of benzene rings is 1. The topological polar surface area (TPSA) is 70.2 Å². The molecule has 6 heteroatoms. The van der Waals surface area contributed by atoms with Crippen LogP contribution in [0, 0.1) is 6.92 Å². The second-order valence-electron chi connectivity index (χ2n) is 6.94. The van der Waals surface area contributed by atoms with E-state index in [1.807, 2.05) is 24.0 Å². The summed E-state index contributed by atoms with van der Waals surface area (Å²) in [5.41, 5.74) is 4.99. The van der Waals surface area contributed by atoms with E-state index in [0.29, 0.717) is 25.4 Å². The van der Waals surface area contributed by atoms with Gasteiger partial charge in [0.15, 0.2) is 5.69 Å². The third-order valence-corrected chi connectivity index (χ3v) is 5.24. The summed E-state index contributed by atoms with van der Waals surface area (Å²) in [5, 5.41) is 10.7. The molecule has 1 aromatic heterocycles. The molecular weight excluding hydrogens is 316 g/mol. The van der Waals surface area contributed by atoms with Crippen molar-refractivity contribution in [2.24, 2.45) is 0 Å². The molecule has 1 fully saturated rings. The van der Waals surface area contributed by atoms with Gasteiger partial charge in [-0.3, -0.25) is 9.89 Å². The van der Waals surface area contributed by atoms with Crippen LogP contribution in [0.1, 0.15) is 45.9 Å². The zero-order chi connectivity index (χ0) is 17.4. The van der Waals surface area contributed by atoms with Gasteiger partial charge in [0.25, 0.3) is 5.91 Å². The highest BCUT2D eigenvalue weighted by Gasteiger charge is 2.34. The predicted molar refractivity (Wildman–Crippen MR) is 94.4 cm³/mol. The van der Waals surface area contributed by atoms with Crippen LogP contribution >= 0.6 is 0 Å². The number of nitrogens with one attached hydrogen (secondary N) is 2. The van der Waals surface area contributed by atoms with Gasteiger partial charge in [-0.15, -0.1) is 0 Å². The number of carbonyl (C=O) groups is 1. The van der Waals surface area contributed by atoms with Crippen LogP contribution in [0.2, 0.25) is 0 Å². The van der Waals surface area contributed by atoms with Gasteiger partial charge in [-0.25, -0.2) is 0 Å². The summed E-state index contributed by atoms with van der Waals surface area (Å²) in [7, 11) is 0. The summed E-state index contributed by atoms with van der Waals surface area (Å²) >= 11 is 0. The molecule has 25 heavy (non-hydrogen) atoms. The third kappa shape index (κ3) is 2.96. The van der Waals surface area contributed by atoms with E-state index in [9.17, 15) is 4.79 Å². The fourth-order valence-corrected chi connectivity index (χ4v) is 3.71. The van der Waals surface area contributed by atoms with Gasteiger partial charge in [0.1, 0.15) is 6.10 Å². The number of aromatic amines is 1. The van der Waals surface area contributed by atoms with Gasteiger partial charge in [-0.05, 0) is 25.0 Å². The SMILES string of the molecule is Cc1ccccc1C1CN(C(=O)c2n[nH]c3c2CNCC3)C(C)CO1. The minimum absolute atomic E-state index is 0.00409. The number of amides is 1. The lowest BCUT2D eigenvalue weighted by Crippen LogP contribution is -2.48. The van der Waals surface area contributed by atoms with Crippen LogP contribution in [0.3, 0.4) is 0 Å². The Hall–Kier alpha value is -2.18. The van der Waals surface area contributed by atoms with E-state index in [1.165, 1.54) is 5.56 Å². The summed E-state index contributed by atoms with van der Waals surface area (Å²) < 4.78 is 6.03. The Morgan fingerprint density at radius 1 is 1.36 bits per heavy atom. The Bertz CT molecular complexity index is 785. The Labute approximate surface area is 147 Å². The second-order valence-corrected chi connectivity index (χ2v) is 6.94. The maximum atomic E-state index is 13.2. The number of ether oxygens (including phenoxy) is 1. The molecule has 6 nitrogen and oxygen atoms in total. The van der Waals surface area contributed by atoms with E-state index < -0.39 is 0 Å². The summed E-state index contributed by atoms with van der Waals surface area (Å²) in [4.78, 5) is 15.1. The smallest absolute Gasteiger partial charge is 0.275 e. The second kappa shape index (κ2) is 6.61. The molecule has 2 unspecified atom stereocenters. The van der Waals surface area contributed by atoms with Crippen molar-refractivity contribution in [1.29, 1.82) is 0 Å². The van der Waals surface area contributed by atoms with Gasteiger partial charge in [-0.1, -0.05) is 24.3 Å². The third-order valence-electron chi connectivity index (χ3n) is 5.24. The maximum absolute atomic E-state index is 13.2. The zero-order valence-electron chi connectivity index (χ0n) is 14.7. The molecule has 132 valence electrons. The molecule has 2 aliphatic heterocycles. The van der Waals surface area contributed by atoms with E-state index in [-0.39, 0.29) is 18.1 Å². The highest BCUT2D eigenvalue weighted by molar-refractivity contribution is 5.94. The summed E-state index contributed by atoms with van der Waals surface area (Å²) in [6, 6.07) is 8.25. The zero-order valence-corrected chi connectivity index (χ0v) is 14.7. The molecule has 1 amide bonds. The first-order chi connectivity index (χ1) is 12.1. The molecule has 0 saturated carbocycles. The van der Waals surface area contributed by atoms with Crippen LogP contribution in [0.15, 0.2) is 24.3 Å². The van der Waals surface area contributed by atoms with Crippen LogP contribution < -0.4 is 5.32 Å². The largest absolute Gasteiger partial charge is 0.370 e. The van der Waals surface area contributed by atoms with Crippen LogP contribution in [-0.2, 0) is 17.7 Å². The van der Waals surface area contributed by atoms with Gasteiger partial charge in [0.05, 0.1) is 19.2 Å². The number of carbonyl (C=O) groups excluding carboxylic acids is 1. The quantitative estimate of drug-likeness (QED) is 0.877. The van der Waals surface area contributed by atoms with Crippen LogP contribution in [0.4, 0.5) is 0 Å². The molecule has 1 saturated heterocycles. The molecule has 1 aromatic carbocycles. The number of aromatic nitrogens is 2. The lowest BCUT2D eigenvalue weighted by Gasteiger charge is -2.38. The van der Waals surface area contributed by atoms with Crippen molar-refractivity contribution in [3.8, 4) is 0 Å². The number of hydrogen-bond acceptors (Lipinski definition) is 4. The first-order valence-corrected chi connectivity index (χ1v) is 8.90. The first-order valence-electron chi connectivity index (χ1n) is 8.90. The molecule has 2 atom stereocenters. The number of nitrogens with zero attached hydrogens (tertiary/aromatic N) is 2. The van der Waals surface area contributed by atoms with Gasteiger partial charge in [-0.2, -0.15) is 5.10 Å². The van der Waals surface area contributed by atoms with Crippen LogP contribution in [0.5, 0.6) is 0 Å². The Morgan fingerprint density at radius 3 is 3.04 bits per heavy atom. The van der Waals surface area contributed by atoms with Crippen molar-refractivity contribution in [3.05, 3.63) is 52.3 Å². The molecule has 0 bridgehead atoms. The van der Waals surface area contributed by atoms with E-state index >= 15 is 0 Å². The molecule has 2 aliphatic rings. The number of morpholine rings is 1. The molecule has 3 heterocycles. The van der Waals surface area contributed by atoms with Gasteiger partial charge in [0.2, 0.25) is 0 Å². The molecule has 0 aliphatic carbocycles. The van der Waals surface area contributed by atoms with Crippen molar-refractivity contribution < 1.29 is 9.53 Å². The van der Waals surface area contributed by atoms with E-state index in [4.69, 9.17) is 4.74 Å². The number of fused-ring (bicyclic) bond motifs is 1. The minimum Gasteiger partial charge on any atom is -0.370 e. The molecule has 4 rings (SSSR count). The lowest BCUT2D eigenvalue weighted by atomic mass is 10.0. The number of hydrogen-bond donors (Lipinski definition) is 2. The van der Waals surface area contributed by atoms with Gasteiger partial charge < -0.3 is 15.0 Å². The van der Waals surface area contributed by atoms with Crippen molar-refractivity contribution in [1.82, 2.24) is 20.4 Å². The molecule has 0 radical (unpaired) electrons. The standard InChI is InChI=1S/C19H24N4O2/c1-12-5-3-4-6-14(12)17-10-23(13(2)11-25-17)19(24)18-15-9-20-8-7-16(15)21-22-18/h3-6,13,17,20H,7-11H2,1-2H3,(H,21,22). The van der Waals surface area contributed by atoms with Crippen molar-refractivity contribution in [2.75, 3.05) is 19.7 Å². The van der Waals surface area contributed by atoms with Crippen LogP contribution in [-0.4, -0.2) is 46.7 Å². The van der Waals surface area contributed by atoms with Crippen molar-refractivity contribution >= 4 is 5.91 Å². The summed E-state index contributed by atoms with van der Waals surface area (Å²) in [6.07, 6.45) is 0.800. The summed E-state index contributed by atoms with van der Waals surface area (Å²) in [6.45, 7) is 6.83. The van der Waals surface area contributed by atoms with E-state index in [2.05, 4.69) is 34.6 Å². The Kier molecular flexibility index (Phi) is 4.31. The number of rotatable bonds is 2. The fraction of sp³-hybridized carbons (Fsp3) is 0.474. The van der Waals surface area contributed by atoms with Crippen molar-refractivity contribution in [2.45, 2.75) is 39.0 Å². The van der Waals surface area contributed by atoms with E-state index in [0.717, 1.165) is 29.8 Å². The Morgan fingerprint density at radius 2 is 2.20 bits per heavy atom. The monoisotopic (exact) mass is 340 g/mol. The van der Waals surface area contributed by atoms with Gasteiger partial charge >= 0.3 is 0 Å². The first kappa shape index (κ1) is 16.3. The molecule has 0 spiro atoms. The normalized spacial score (nSPS) is 23.4. The lowest BCUT2D eigenvalue weighted by molar-refractivity contribution is -0.0491. The van der Waals surface area contributed by atoms with Crippen molar-refractivity contribution in [3.63, 3.8) is 0 Å². The Balaban J connectivity index is 1.59. The fourth-order valence-electron chi connectivity index (χ4n) is 3.71. The number of H-pyrrole nitrogens is 1. The van der Waals surface area contributed by atoms with Gasteiger partial charge in [0, 0.05) is 30.8 Å². The molecule has 2 aromatic rings. The molecular formula is C19H24N4O2. The van der Waals surface area contributed by atoms with E-state index in [1.54, 1.807) is 0 Å². The minimum atomic E-state index is -0.0887. The van der Waals surface area contributed by atoms with Crippen LogP contribution in [0.25, 0.3) is 0 Å². The maximum Gasteiger partial charge on any atom is 0.275 e. The average molecular weight is 340 g/mol. The predicted octanol–water partition coefficient (Wildman–Crippen LogP) is 1.97. The molecule has 2 N–H and O–H groups in total. The number of aryl methyl sites for hydroxylation is 1. The highest BCUT2D eigenvalue weighted by atomic mass is 16.5.